The molecule has 0 bridgehead atoms. The number of hydrogen-bond donors (Lipinski definition) is 1. The number of halogens is 1. The van der Waals surface area contributed by atoms with Gasteiger partial charge in [-0.05, 0) is 43.9 Å². The molecule has 0 amide bonds. The van der Waals surface area contributed by atoms with Crippen molar-refractivity contribution in [2.24, 2.45) is 0 Å². The number of hydrogen-bond acceptors (Lipinski definition) is 3. The minimum Gasteiger partial charge on any atom is -0.382 e. The smallest absolute Gasteiger partial charge is 0.101 e. The SMILES string of the molecule is N#Cc1ccc(NC2CCOC3(CCCCC3)C2)cc1Cl. The average Bonchev–Trinajstić information content (AvgIpc) is 2.48. The highest BCUT2D eigenvalue weighted by molar-refractivity contribution is 6.32. The van der Waals surface area contributed by atoms with Crippen LogP contribution >= 0.6 is 11.6 Å². The summed E-state index contributed by atoms with van der Waals surface area (Å²) in [4.78, 5) is 0. The largest absolute Gasteiger partial charge is 0.382 e. The normalized spacial score (nSPS) is 24.5. The van der Waals surface area contributed by atoms with Crippen LogP contribution in [0.25, 0.3) is 0 Å². The first-order chi connectivity index (χ1) is 10.2. The molecule has 0 radical (unpaired) electrons. The number of nitrogens with one attached hydrogen (secondary N) is 1. The molecule has 1 spiro atoms. The molecule has 4 heteroatoms. The van der Waals surface area contributed by atoms with Gasteiger partial charge in [0.25, 0.3) is 0 Å². The molecule has 112 valence electrons. The van der Waals surface area contributed by atoms with Crippen molar-refractivity contribution in [3.8, 4) is 6.07 Å². The number of benzene rings is 1. The fourth-order valence-electron chi connectivity index (χ4n) is 3.63. The Morgan fingerprint density at radius 2 is 2.10 bits per heavy atom. The number of nitrogens with zero attached hydrogens (tertiary/aromatic N) is 1. The first kappa shape index (κ1) is 14.7. The third-order valence-electron chi connectivity index (χ3n) is 4.72. The van der Waals surface area contributed by atoms with Crippen LogP contribution in [0.1, 0.15) is 50.5 Å². The first-order valence-corrected chi connectivity index (χ1v) is 8.19. The zero-order chi connectivity index (χ0) is 14.7. The van der Waals surface area contributed by atoms with Crippen molar-refractivity contribution in [1.29, 1.82) is 5.26 Å². The highest BCUT2D eigenvalue weighted by Crippen LogP contribution is 2.39. The average molecular weight is 305 g/mol. The number of anilines is 1. The van der Waals surface area contributed by atoms with Crippen LogP contribution in [0.3, 0.4) is 0 Å². The van der Waals surface area contributed by atoms with Gasteiger partial charge in [0, 0.05) is 18.3 Å². The molecule has 0 aromatic heterocycles. The molecule has 3 nitrogen and oxygen atoms in total. The summed E-state index contributed by atoms with van der Waals surface area (Å²) in [5.74, 6) is 0. The Hall–Kier alpha value is -1.24. The monoisotopic (exact) mass is 304 g/mol. The van der Waals surface area contributed by atoms with Gasteiger partial charge in [-0.3, -0.25) is 0 Å². The fraction of sp³-hybridized carbons (Fsp3) is 0.588. The van der Waals surface area contributed by atoms with Crippen LogP contribution < -0.4 is 5.32 Å². The highest BCUT2D eigenvalue weighted by Gasteiger charge is 2.38. The molecule has 1 saturated heterocycles. The zero-order valence-electron chi connectivity index (χ0n) is 12.2. The standard InChI is InChI=1S/C17H21ClN2O/c18-16-10-14(5-4-13(16)12-19)20-15-6-9-21-17(11-15)7-2-1-3-8-17/h4-5,10,15,20H,1-3,6-9,11H2. The molecule has 2 aliphatic rings. The molecule has 1 unspecified atom stereocenters. The van der Waals surface area contributed by atoms with Crippen molar-refractivity contribution >= 4 is 17.3 Å². The molecule has 21 heavy (non-hydrogen) atoms. The summed E-state index contributed by atoms with van der Waals surface area (Å²) in [5.41, 5.74) is 1.62. The lowest BCUT2D eigenvalue weighted by Crippen LogP contribution is -2.45. The van der Waals surface area contributed by atoms with E-state index in [9.17, 15) is 0 Å². The minimum atomic E-state index is 0.102. The Labute approximate surface area is 131 Å². The van der Waals surface area contributed by atoms with E-state index in [1.807, 2.05) is 12.1 Å². The Kier molecular flexibility index (Phi) is 4.37. The molecular weight excluding hydrogens is 284 g/mol. The lowest BCUT2D eigenvalue weighted by atomic mass is 9.78. The van der Waals surface area contributed by atoms with Gasteiger partial charge < -0.3 is 10.1 Å². The molecule has 3 rings (SSSR count). The summed E-state index contributed by atoms with van der Waals surface area (Å²) < 4.78 is 6.13. The second-order valence-corrected chi connectivity index (χ2v) is 6.64. The van der Waals surface area contributed by atoms with Gasteiger partial charge >= 0.3 is 0 Å². The van der Waals surface area contributed by atoms with E-state index in [2.05, 4.69) is 11.4 Å². The van der Waals surface area contributed by atoms with Gasteiger partial charge in [-0.1, -0.05) is 30.9 Å². The van der Waals surface area contributed by atoms with E-state index in [0.29, 0.717) is 16.6 Å². The van der Waals surface area contributed by atoms with Crippen LogP contribution in [0.2, 0.25) is 5.02 Å². The number of nitriles is 1. The second-order valence-electron chi connectivity index (χ2n) is 6.23. The van der Waals surface area contributed by atoms with Gasteiger partial charge in [0.1, 0.15) is 6.07 Å². The van der Waals surface area contributed by atoms with Gasteiger partial charge in [0.2, 0.25) is 0 Å². The molecule has 1 aromatic carbocycles. The van der Waals surface area contributed by atoms with Crippen LogP contribution in [-0.4, -0.2) is 18.2 Å². The molecule has 2 fully saturated rings. The van der Waals surface area contributed by atoms with Crippen molar-refractivity contribution in [2.75, 3.05) is 11.9 Å². The lowest BCUT2D eigenvalue weighted by molar-refractivity contribution is -0.103. The topological polar surface area (TPSA) is 45.0 Å². The predicted octanol–water partition coefficient (Wildman–Crippen LogP) is 4.51. The Morgan fingerprint density at radius 1 is 1.29 bits per heavy atom. The molecular formula is C17H21ClN2O. The second kappa shape index (κ2) is 6.25. The third-order valence-corrected chi connectivity index (χ3v) is 5.03. The summed E-state index contributed by atoms with van der Waals surface area (Å²) in [7, 11) is 0. The number of ether oxygens (including phenoxy) is 1. The predicted molar refractivity (Wildman–Crippen MR) is 84.6 cm³/mol. The van der Waals surface area contributed by atoms with Gasteiger partial charge in [-0.15, -0.1) is 0 Å². The van der Waals surface area contributed by atoms with Crippen LogP contribution in [0.5, 0.6) is 0 Å². The van der Waals surface area contributed by atoms with E-state index >= 15 is 0 Å². The summed E-state index contributed by atoms with van der Waals surface area (Å²) in [6, 6.07) is 8.09. The van der Waals surface area contributed by atoms with Gasteiger partial charge in [-0.2, -0.15) is 5.26 Å². The first-order valence-electron chi connectivity index (χ1n) is 7.81. The van der Waals surface area contributed by atoms with Crippen molar-refractivity contribution in [3.05, 3.63) is 28.8 Å². The zero-order valence-corrected chi connectivity index (χ0v) is 13.0. The molecule has 1 N–H and O–H groups in total. The van der Waals surface area contributed by atoms with E-state index in [4.69, 9.17) is 21.6 Å². The van der Waals surface area contributed by atoms with E-state index in [0.717, 1.165) is 25.1 Å². The Bertz CT molecular complexity index is 541. The van der Waals surface area contributed by atoms with E-state index < -0.39 is 0 Å². The molecule has 1 aromatic rings. The molecule has 1 aliphatic carbocycles. The van der Waals surface area contributed by atoms with Crippen LogP contribution in [0.15, 0.2) is 18.2 Å². The van der Waals surface area contributed by atoms with Crippen molar-refractivity contribution in [3.63, 3.8) is 0 Å². The van der Waals surface area contributed by atoms with Gasteiger partial charge in [0.05, 0.1) is 16.2 Å². The van der Waals surface area contributed by atoms with Gasteiger partial charge in [0.15, 0.2) is 0 Å². The molecule has 1 atom stereocenters. The summed E-state index contributed by atoms with van der Waals surface area (Å²) in [6.07, 6.45) is 8.40. The summed E-state index contributed by atoms with van der Waals surface area (Å²) in [5, 5.41) is 13.0. The Balaban J connectivity index is 1.67. The molecule has 1 heterocycles. The van der Waals surface area contributed by atoms with E-state index in [-0.39, 0.29) is 5.60 Å². The molecule has 1 aliphatic heterocycles. The maximum absolute atomic E-state index is 8.93. The van der Waals surface area contributed by atoms with Crippen molar-refractivity contribution in [2.45, 2.75) is 56.6 Å². The minimum absolute atomic E-state index is 0.102. The van der Waals surface area contributed by atoms with Crippen molar-refractivity contribution < 1.29 is 4.74 Å². The van der Waals surface area contributed by atoms with E-state index in [1.165, 1.54) is 32.1 Å². The summed E-state index contributed by atoms with van der Waals surface area (Å²) in [6.45, 7) is 0.835. The fourth-order valence-corrected chi connectivity index (χ4v) is 3.85. The highest BCUT2D eigenvalue weighted by atomic mass is 35.5. The van der Waals surface area contributed by atoms with Crippen LogP contribution in [0.4, 0.5) is 5.69 Å². The maximum Gasteiger partial charge on any atom is 0.101 e. The van der Waals surface area contributed by atoms with Crippen LogP contribution in [0, 0.1) is 11.3 Å². The lowest BCUT2D eigenvalue weighted by Gasteiger charge is -2.44. The quantitative estimate of drug-likeness (QED) is 0.874. The van der Waals surface area contributed by atoms with Crippen molar-refractivity contribution in [1.82, 2.24) is 0 Å². The van der Waals surface area contributed by atoms with Gasteiger partial charge in [-0.25, -0.2) is 0 Å². The third kappa shape index (κ3) is 3.33. The Morgan fingerprint density at radius 3 is 2.81 bits per heavy atom. The maximum atomic E-state index is 8.93. The van der Waals surface area contributed by atoms with Crippen LogP contribution in [-0.2, 0) is 4.74 Å². The summed E-state index contributed by atoms with van der Waals surface area (Å²) >= 11 is 6.10. The van der Waals surface area contributed by atoms with E-state index in [1.54, 1.807) is 6.07 Å². The number of rotatable bonds is 2. The molecule has 1 saturated carbocycles.